The summed E-state index contributed by atoms with van der Waals surface area (Å²) >= 11 is 0. The smallest absolute Gasteiger partial charge is 0.303 e. The van der Waals surface area contributed by atoms with Crippen molar-refractivity contribution in [3.8, 4) is 0 Å². The number of carboxylic acids is 1. The fourth-order valence-corrected chi connectivity index (χ4v) is 2.13. The molecule has 20 heavy (non-hydrogen) atoms. The Morgan fingerprint density at radius 3 is 2.40 bits per heavy atom. The maximum absolute atomic E-state index is 11.9. The van der Waals surface area contributed by atoms with E-state index in [9.17, 15) is 19.2 Å². The van der Waals surface area contributed by atoms with Gasteiger partial charge in [0.15, 0.2) is 0 Å². The van der Waals surface area contributed by atoms with Crippen LogP contribution in [-0.4, -0.2) is 45.8 Å². The molecule has 1 heterocycles. The van der Waals surface area contributed by atoms with Crippen molar-refractivity contribution in [1.82, 2.24) is 10.2 Å². The van der Waals surface area contributed by atoms with Gasteiger partial charge in [-0.15, -0.1) is 0 Å². The Kier molecular flexibility index (Phi) is 5.66. The maximum Gasteiger partial charge on any atom is 0.303 e. The maximum atomic E-state index is 11.9. The third-order valence-electron chi connectivity index (χ3n) is 3.08. The SMILES string of the molecule is CC(C)N1C(=O)CC(NC(=O)CCCCC(=O)O)C1=O. The van der Waals surface area contributed by atoms with Gasteiger partial charge in [0.2, 0.25) is 11.8 Å². The molecule has 1 atom stereocenters. The number of likely N-dealkylation sites (tertiary alicyclic amines) is 1. The Hall–Kier alpha value is -1.92. The van der Waals surface area contributed by atoms with Crippen LogP contribution in [0, 0.1) is 0 Å². The van der Waals surface area contributed by atoms with Crippen molar-refractivity contribution in [2.45, 2.75) is 58.0 Å². The van der Waals surface area contributed by atoms with E-state index in [4.69, 9.17) is 5.11 Å². The molecule has 0 aromatic carbocycles. The third-order valence-corrected chi connectivity index (χ3v) is 3.08. The molecule has 0 bridgehead atoms. The van der Waals surface area contributed by atoms with E-state index in [0.29, 0.717) is 12.8 Å². The zero-order chi connectivity index (χ0) is 15.3. The van der Waals surface area contributed by atoms with Crippen LogP contribution in [-0.2, 0) is 19.2 Å². The number of rotatable bonds is 7. The Bertz CT molecular complexity index is 419. The molecule has 0 aromatic heterocycles. The summed E-state index contributed by atoms with van der Waals surface area (Å²) in [6, 6.07) is -0.996. The van der Waals surface area contributed by atoms with Gasteiger partial charge in [0.1, 0.15) is 6.04 Å². The number of hydrogen-bond donors (Lipinski definition) is 2. The number of carboxylic acid groups (broad SMARTS) is 1. The summed E-state index contributed by atoms with van der Waals surface area (Å²) in [6.07, 6.45) is 1.04. The van der Waals surface area contributed by atoms with Gasteiger partial charge >= 0.3 is 5.97 Å². The Morgan fingerprint density at radius 1 is 1.30 bits per heavy atom. The Labute approximate surface area is 117 Å². The van der Waals surface area contributed by atoms with Gasteiger partial charge in [0.05, 0.1) is 6.42 Å². The summed E-state index contributed by atoms with van der Waals surface area (Å²) < 4.78 is 0. The summed E-state index contributed by atoms with van der Waals surface area (Å²) in [4.78, 5) is 46.7. The molecule has 0 spiro atoms. The van der Waals surface area contributed by atoms with E-state index in [1.807, 2.05) is 0 Å². The lowest BCUT2D eigenvalue weighted by molar-refractivity contribution is -0.141. The van der Waals surface area contributed by atoms with Crippen molar-refractivity contribution in [2.24, 2.45) is 0 Å². The third kappa shape index (κ3) is 4.32. The highest BCUT2D eigenvalue weighted by Gasteiger charge is 2.40. The first kappa shape index (κ1) is 16.1. The molecule has 0 aromatic rings. The quantitative estimate of drug-likeness (QED) is 0.516. The first-order chi connectivity index (χ1) is 9.32. The molecule has 7 nitrogen and oxygen atoms in total. The van der Waals surface area contributed by atoms with E-state index in [1.165, 1.54) is 0 Å². The van der Waals surface area contributed by atoms with E-state index >= 15 is 0 Å². The number of nitrogens with one attached hydrogen (secondary N) is 1. The van der Waals surface area contributed by atoms with E-state index in [1.54, 1.807) is 13.8 Å². The van der Waals surface area contributed by atoms with E-state index in [0.717, 1.165) is 4.90 Å². The van der Waals surface area contributed by atoms with Crippen LogP contribution < -0.4 is 5.32 Å². The van der Waals surface area contributed by atoms with Gasteiger partial charge in [0.25, 0.3) is 5.91 Å². The van der Waals surface area contributed by atoms with Gasteiger partial charge < -0.3 is 10.4 Å². The van der Waals surface area contributed by atoms with Crippen molar-refractivity contribution in [3.63, 3.8) is 0 Å². The highest BCUT2D eigenvalue weighted by Crippen LogP contribution is 2.16. The van der Waals surface area contributed by atoms with Crippen molar-refractivity contribution < 1.29 is 24.3 Å². The number of unbranched alkanes of at least 4 members (excludes halogenated alkanes) is 1. The molecule has 2 N–H and O–H groups in total. The first-order valence-corrected chi connectivity index (χ1v) is 6.70. The van der Waals surface area contributed by atoms with Crippen LogP contribution in [0.3, 0.4) is 0 Å². The molecule has 112 valence electrons. The highest BCUT2D eigenvalue weighted by atomic mass is 16.4. The molecule has 1 aliphatic heterocycles. The zero-order valence-electron chi connectivity index (χ0n) is 11.7. The molecule has 0 saturated carbocycles. The number of imide groups is 1. The second kappa shape index (κ2) is 7.02. The van der Waals surface area contributed by atoms with Crippen molar-refractivity contribution >= 4 is 23.7 Å². The van der Waals surface area contributed by atoms with Crippen LogP contribution in [0.25, 0.3) is 0 Å². The molecular weight excluding hydrogens is 264 g/mol. The van der Waals surface area contributed by atoms with Crippen LogP contribution in [0.4, 0.5) is 0 Å². The second-order valence-electron chi connectivity index (χ2n) is 5.12. The lowest BCUT2D eigenvalue weighted by Crippen LogP contribution is -2.43. The number of hydrogen-bond acceptors (Lipinski definition) is 4. The summed E-state index contributed by atoms with van der Waals surface area (Å²) in [5, 5.41) is 11.0. The van der Waals surface area contributed by atoms with Gasteiger partial charge in [-0.25, -0.2) is 0 Å². The lowest BCUT2D eigenvalue weighted by atomic mass is 10.1. The Balaban J connectivity index is 2.38. The topological polar surface area (TPSA) is 104 Å². The molecule has 3 amide bonds. The molecule has 0 aliphatic carbocycles. The first-order valence-electron chi connectivity index (χ1n) is 6.70. The minimum atomic E-state index is -0.894. The fraction of sp³-hybridized carbons (Fsp3) is 0.692. The minimum absolute atomic E-state index is 0.00210. The van der Waals surface area contributed by atoms with Gasteiger partial charge in [-0.05, 0) is 26.7 Å². The van der Waals surface area contributed by atoms with Crippen molar-refractivity contribution in [2.75, 3.05) is 0 Å². The molecule has 1 rings (SSSR count). The zero-order valence-corrected chi connectivity index (χ0v) is 11.7. The standard InChI is InChI=1S/C13H20N2O5/c1-8(2)15-11(17)7-9(13(15)20)14-10(16)5-3-4-6-12(18)19/h8-9H,3-7H2,1-2H3,(H,14,16)(H,18,19). The lowest BCUT2D eigenvalue weighted by Gasteiger charge is -2.19. The molecule has 1 aliphatic rings. The van der Waals surface area contributed by atoms with Crippen LogP contribution in [0.5, 0.6) is 0 Å². The minimum Gasteiger partial charge on any atom is -0.481 e. The summed E-state index contributed by atoms with van der Waals surface area (Å²) in [6.45, 7) is 3.48. The highest BCUT2D eigenvalue weighted by molar-refractivity contribution is 6.07. The average Bonchev–Trinajstić information content (AvgIpc) is 2.59. The molecule has 7 heteroatoms. The largest absolute Gasteiger partial charge is 0.481 e. The van der Waals surface area contributed by atoms with E-state index < -0.39 is 12.0 Å². The number of amides is 3. The van der Waals surface area contributed by atoms with Gasteiger partial charge in [-0.2, -0.15) is 0 Å². The van der Waals surface area contributed by atoms with Crippen LogP contribution in [0.2, 0.25) is 0 Å². The number of carbonyl (C=O) groups is 4. The number of carbonyl (C=O) groups excluding carboxylic acids is 3. The predicted molar refractivity (Wildman–Crippen MR) is 69.6 cm³/mol. The summed E-state index contributed by atoms with van der Waals surface area (Å²) in [7, 11) is 0. The van der Waals surface area contributed by atoms with E-state index in [2.05, 4.69) is 5.32 Å². The van der Waals surface area contributed by atoms with Crippen LogP contribution in [0.15, 0.2) is 0 Å². The normalized spacial score (nSPS) is 18.8. The molecular formula is C13H20N2O5. The van der Waals surface area contributed by atoms with Gasteiger partial charge in [-0.3, -0.25) is 24.1 Å². The predicted octanol–water partition coefficient (Wildman–Crippen LogP) is 0.283. The molecule has 1 unspecified atom stereocenters. The fourth-order valence-electron chi connectivity index (χ4n) is 2.13. The average molecular weight is 284 g/mol. The van der Waals surface area contributed by atoms with Crippen molar-refractivity contribution in [1.29, 1.82) is 0 Å². The van der Waals surface area contributed by atoms with Gasteiger partial charge in [0, 0.05) is 18.9 Å². The van der Waals surface area contributed by atoms with Crippen molar-refractivity contribution in [3.05, 3.63) is 0 Å². The monoisotopic (exact) mass is 284 g/mol. The molecule has 1 fully saturated rings. The molecule has 1 saturated heterocycles. The van der Waals surface area contributed by atoms with Gasteiger partial charge in [-0.1, -0.05) is 0 Å². The molecule has 0 radical (unpaired) electrons. The Morgan fingerprint density at radius 2 is 1.90 bits per heavy atom. The van der Waals surface area contributed by atoms with E-state index in [-0.39, 0.29) is 43.0 Å². The summed E-state index contributed by atoms with van der Waals surface area (Å²) in [5.74, 6) is -1.87. The van der Waals surface area contributed by atoms with Crippen LogP contribution in [0.1, 0.15) is 46.0 Å². The van der Waals surface area contributed by atoms with Crippen LogP contribution >= 0.6 is 0 Å². The second-order valence-corrected chi connectivity index (χ2v) is 5.12. The number of aliphatic carboxylic acids is 1. The summed E-state index contributed by atoms with van der Waals surface area (Å²) in [5.41, 5.74) is 0. The number of nitrogens with zero attached hydrogens (tertiary/aromatic N) is 1.